The van der Waals surface area contributed by atoms with Crippen molar-refractivity contribution in [2.24, 2.45) is 0 Å². The van der Waals surface area contributed by atoms with Gasteiger partial charge in [0.15, 0.2) is 0 Å². The monoisotopic (exact) mass is 270 g/mol. The molecule has 1 unspecified atom stereocenters. The Hall–Kier alpha value is -1.65. The van der Waals surface area contributed by atoms with Crippen LogP contribution >= 0.6 is 0 Å². The van der Waals surface area contributed by atoms with E-state index in [9.17, 15) is 0 Å². The second-order valence-electron chi connectivity index (χ2n) is 5.36. The van der Waals surface area contributed by atoms with E-state index in [1.807, 2.05) is 23.1 Å². The number of hydrogen-bond donors (Lipinski definition) is 2. The van der Waals surface area contributed by atoms with E-state index in [1.165, 1.54) is 24.8 Å². The van der Waals surface area contributed by atoms with Gasteiger partial charge in [0.05, 0.1) is 5.69 Å². The van der Waals surface area contributed by atoms with Crippen LogP contribution in [0.4, 0.5) is 0 Å². The molecule has 1 aromatic heterocycles. The topological polar surface area (TPSA) is 41.9 Å². The summed E-state index contributed by atoms with van der Waals surface area (Å²) in [5.41, 5.74) is 2.44. The summed E-state index contributed by atoms with van der Waals surface area (Å²) in [6.45, 7) is 3.08. The molecule has 0 bridgehead atoms. The van der Waals surface area contributed by atoms with Gasteiger partial charge in [0.2, 0.25) is 0 Å². The maximum Gasteiger partial charge on any atom is 0.0690 e. The van der Waals surface area contributed by atoms with E-state index in [2.05, 4.69) is 40.0 Å². The Kier molecular flexibility index (Phi) is 4.46. The first-order valence-electron chi connectivity index (χ1n) is 7.45. The van der Waals surface area contributed by atoms with Crippen LogP contribution in [0.25, 0.3) is 5.69 Å². The summed E-state index contributed by atoms with van der Waals surface area (Å²) in [5.74, 6) is 0. The Morgan fingerprint density at radius 2 is 2.20 bits per heavy atom. The number of aromatic nitrogens is 2. The predicted octanol–water partition coefficient (Wildman–Crippen LogP) is 2.10. The third kappa shape index (κ3) is 3.26. The molecule has 1 saturated heterocycles. The van der Waals surface area contributed by atoms with Gasteiger partial charge in [0, 0.05) is 31.5 Å². The second-order valence-corrected chi connectivity index (χ2v) is 5.36. The normalized spacial score (nSPS) is 19.1. The number of benzene rings is 1. The highest BCUT2D eigenvalue weighted by Gasteiger charge is 2.12. The molecule has 4 heteroatoms. The number of nitrogens with one attached hydrogen (secondary N) is 2. The fourth-order valence-electron chi connectivity index (χ4n) is 2.77. The minimum Gasteiger partial charge on any atom is -0.313 e. The van der Waals surface area contributed by atoms with E-state index in [-0.39, 0.29) is 0 Å². The molecular formula is C16H22N4. The molecule has 1 aliphatic rings. The quantitative estimate of drug-likeness (QED) is 0.874. The fourth-order valence-corrected chi connectivity index (χ4v) is 2.77. The van der Waals surface area contributed by atoms with Crippen molar-refractivity contribution >= 4 is 0 Å². The molecule has 0 amide bonds. The van der Waals surface area contributed by atoms with Gasteiger partial charge in [-0.25, -0.2) is 4.68 Å². The Bertz CT molecular complexity index is 515. The van der Waals surface area contributed by atoms with Gasteiger partial charge in [-0.2, -0.15) is 5.10 Å². The number of para-hydroxylation sites is 1. The first-order chi connectivity index (χ1) is 9.93. The van der Waals surface area contributed by atoms with E-state index < -0.39 is 0 Å². The lowest BCUT2D eigenvalue weighted by Gasteiger charge is -2.24. The summed E-state index contributed by atoms with van der Waals surface area (Å²) in [6.07, 6.45) is 7.76. The Labute approximate surface area is 120 Å². The van der Waals surface area contributed by atoms with Gasteiger partial charge in [0.25, 0.3) is 0 Å². The van der Waals surface area contributed by atoms with Crippen molar-refractivity contribution in [1.82, 2.24) is 20.4 Å². The highest BCUT2D eigenvalue weighted by atomic mass is 15.3. The molecule has 106 valence electrons. The molecule has 1 fully saturated rings. The van der Waals surface area contributed by atoms with Crippen molar-refractivity contribution in [3.8, 4) is 5.69 Å². The lowest BCUT2D eigenvalue weighted by atomic mass is 10.1. The van der Waals surface area contributed by atoms with Gasteiger partial charge in [-0.15, -0.1) is 0 Å². The molecule has 0 aliphatic carbocycles. The van der Waals surface area contributed by atoms with E-state index in [0.717, 1.165) is 25.3 Å². The highest BCUT2D eigenvalue weighted by Crippen LogP contribution is 2.13. The summed E-state index contributed by atoms with van der Waals surface area (Å²) >= 11 is 0. The molecule has 0 saturated carbocycles. The Morgan fingerprint density at radius 1 is 1.25 bits per heavy atom. The van der Waals surface area contributed by atoms with Crippen molar-refractivity contribution in [2.45, 2.75) is 31.8 Å². The SMILES string of the molecule is c1ccc(-n2cccn2)c(CNCC2CCCCN2)c1. The largest absolute Gasteiger partial charge is 0.313 e. The number of rotatable bonds is 5. The predicted molar refractivity (Wildman–Crippen MR) is 80.9 cm³/mol. The first-order valence-corrected chi connectivity index (χ1v) is 7.45. The number of hydrogen-bond acceptors (Lipinski definition) is 3. The van der Waals surface area contributed by atoms with Crippen LogP contribution in [0.3, 0.4) is 0 Å². The molecule has 1 aromatic carbocycles. The average molecular weight is 270 g/mol. The molecule has 0 radical (unpaired) electrons. The van der Waals surface area contributed by atoms with Crippen LogP contribution in [0.2, 0.25) is 0 Å². The van der Waals surface area contributed by atoms with E-state index in [4.69, 9.17) is 0 Å². The third-order valence-corrected chi connectivity index (χ3v) is 3.86. The molecule has 1 aliphatic heterocycles. The molecule has 20 heavy (non-hydrogen) atoms. The molecule has 2 heterocycles. The van der Waals surface area contributed by atoms with Gasteiger partial charge in [-0.1, -0.05) is 24.6 Å². The second kappa shape index (κ2) is 6.68. The minimum atomic E-state index is 0.626. The standard InChI is InChI=1S/C16H22N4/c1-2-8-16(20-11-5-10-19-20)14(6-1)12-17-13-15-7-3-4-9-18-15/h1-2,5-6,8,10-11,15,17-18H,3-4,7,9,12-13H2. The maximum absolute atomic E-state index is 4.32. The van der Waals surface area contributed by atoms with Crippen LogP contribution < -0.4 is 10.6 Å². The lowest BCUT2D eigenvalue weighted by Crippen LogP contribution is -2.41. The molecule has 0 spiro atoms. The molecule has 2 N–H and O–H groups in total. The third-order valence-electron chi connectivity index (χ3n) is 3.86. The zero-order valence-corrected chi connectivity index (χ0v) is 11.8. The van der Waals surface area contributed by atoms with E-state index >= 15 is 0 Å². The molecular weight excluding hydrogens is 248 g/mol. The zero-order chi connectivity index (χ0) is 13.6. The van der Waals surface area contributed by atoms with Crippen LogP contribution in [-0.4, -0.2) is 28.9 Å². The van der Waals surface area contributed by atoms with Crippen molar-refractivity contribution in [2.75, 3.05) is 13.1 Å². The van der Waals surface area contributed by atoms with Crippen molar-refractivity contribution in [3.05, 3.63) is 48.3 Å². The fraction of sp³-hybridized carbons (Fsp3) is 0.438. The summed E-state index contributed by atoms with van der Waals surface area (Å²) < 4.78 is 1.93. The molecule has 3 rings (SSSR count). The van der Waals surface area contributed by atoms with Gasteiger partial charge in [-0.3, -0.25) is 0 Å². The van der Waals surface area contributed by atoms with Crippen LogP contribution in [0, 0.1) is 0 Å². The average Bonchev–Trinajstić information content (AvgIpc) is 3.03. The smallest absolute Gasteiger partial charge is 0.0690 e. The Balaban J connectivity index is 1.60. The summed E-state index contributed by atoms with van der Waals surface area (Å²) in [6, 6.07) is 11.0. The van der Waals surface area contributed by atoms with Crippen LogP contribution in [0.15, 0.2) is 42.7 Å². The van der Waals surface area contributed by atoms with Crippen LogP contribution in [0.1, 0.15) is 24.8 Å². The van der Waals surface area contributed by atoms with E-state index in [0.29, 0.717) is 6.04 Å². The van der Waals surface area contributed by atoms with Gasteiger partial charge in [-0.05, 0) is 37.1 Å². The summed E-state index contributed by atoms with van der Waals surface area (Å²) in [7, 11) is 0. The molecule has 4 nitrogen and oxygen atoms in total. The summed E-state index contributed by atoms with van der Waals surface area (Å²) in [5, 5.41) is 11.5. The molecule has 1 atom stereocenters. The van der Waals surface area contributed by atoms with Crippen molar-refractivity contribution in [1.29, 1.82) is 0 Å². The number of nitrogens with zero attached hydrogens (tertiary/aromatic N) is 2. The first kappa shape index (κ1) is 13.3. The number of piperidine rings is 1. The van der Waals surface area contributed by atoms with Gasteiger partial charge >= 0.3 is 0 Å². The highest BCUT2D eigenvalue weighted by molar-refractivity contribution is 5.40. The summed E-state index contributed by atoms with van der Waals surface area (Å²) in [4.78, 5) is 0. The van der Waals surface area contributed by atoms with Crippen molar-refractivity contribution in [3.63, 3.8) is 0 Å². The Morgan fingerprint density at radius 3 is 3.00 bits per heavy atom. The van der Waals surface area contributed by atoms with Gasteiger partial charge in [0.1, 0.15) is 0 Å². The van der Waals surface area contributed by atoms with Crippen molar-refractivity contribution < 1.29 is 0 Å². The maximum atomic E-state index is 4.32. The minimum absolute atomic E-state index is 0.626. The van der Waals surface area contributed by atoms with E-state index in [1.54, 1.807) is 0 Å². The molecule has 2 aromatic rings. The zero-order valence-electron chi connectivity index (χ0n) is 11.8. The lowest BCUT2D eigenvalue weighted by molar-refractivity contribution is 0.383. The van der Waals surface area contributed by atoms with Crippen LogP contribution in [-0.2, 0) is 6.54 Å². The van der Waals surface area contributed by atoms with Crippen LogP contribution in [0.5, 0.6) is 0 Å². The van der Waals surface area contributed by atoms with Gasteiger partial charge < -0.3 is 10.6 Å².